The van der Waals surface area contributed by atoms with E-state index in [-0.39, 0.29) is 18.1 Å². The first-order valence-corrected chi connectivity index (χ1v) is 9.57. The number of carbonyl (C=O) groups excluding carboxylic acids is 1. The highest BCUT2D eigenvalue weighted by Crippen LogP contribution is 2.39. The maximum absolute atomic E-state index is 12.8. The molecule has 7 heteroatoms. The smallest absolute Gasteiger partial charge is 0.230 e. The van der Waals surface area contributed by atoms with Crippen LogP contribution in [0.5, 0.6) is 0 Å². The van der Waals surface area contributed by atoms with Gasteiger partial charge in [0.2, 0.25) is 17.7 Å². The van der Waals surface area contributed by atoms with Crippen LogP contribution in [0.15, 0.2) is 4.42 Å². The van der Waals surface area contributed by atoms with Gasteiger partial charge in [-0.3, -0.25) is 9.69 Å². The standard InChI is InChI=1S/C18H28N4O3/c1-12-9-22(10-13(2)24-12)18(23)15-5-7-21(8-6-15)11-16-19-20-17(25-16)14-3-4-14/h12-15H,3-11H2,1-2H3. The Balaban J connectivity index is 1.26. The highest BCUT2D eigenvalue weighted by atomic mass is 16.5. The van der Waals surface area contributed by atoms with Crippen LogP contribution in [0.25, 0.3) is 0 Å². The monoisotopic (exact) mass is 348 g/mol. The molecule has 0 radical (unpaired) electrons. The number of likely N-dealkylation sites (tertiary alicyclic amines) is 1. The molecule has 2 unspecified atom stereocenters. The van der Waals surface area contributed by atoms with Gasteiger partial charge in [-0.25, -0.2) is 0 Å². The van der Waals surface area contributed by atoms with Crippen molar-refractivity contribution in [3.63, 3.8) is 0 Å². The third-order valence-electron chi connectivity index (χ3n) is 5.44. The number of amides is 1. The molecule has 1 amide bonds. The van der Waals surface area contributed by atoms with Gasteiger partial charge in [-0.1, -0.05) is 0 Å². The van der Waals surface area contributed by atoms with E-state index in [1.165, 1.54) is 12.8 Å². The first kappa shape index (κ1) is 17.0. The van der Waals surface area contributed by atoms with Crippen LogP contribution in [0, 0.1) is 5.92 Å². The van der Waals surface area contributed by atoms with Crippen molar-refractivity contribution in [1.29, 1.82) is 0 Å². The fourth-order valence-corrected chi connectivity index (χ4v) is 3.97. The summed E-state index contributed by atoms with van der Waals surface area (Å²) in [6.45, 7) is 8.04. The fraction of sp³-hybridized carbons (Fsp3) is 0.833. The molecule has 138 valence electrons. The molecule has 0 bridgehead atoms. The average molecular weight is 348 g/mol. The number of rotatable bonds is 4. The predicted octanol–water partition coefficient (Wildman–Crippen LogP) is 1.79. The van der Waals surface area contributed by atoms with E-state index in [0.29, 0.717) is 24.3 Å². The predicted molar refractivity (Wildman–Crippen MR) is 90.9 cm³/mol. The summed E-state index contributed by atoms with van der Waals surface area (Å²) in [6.07, 6.45) is 4.42. The van der Waals surface area contributed by atoms with Gasteiger partial charge in [0.1, 0.15) is 0 Å². The Morgan fingerprint density at radius 1 is 1.08 bits per heavy atom. The van der Waals surface area contributed by atoms with E-state index in [4.69, 9.17) is 9.15 Å². The molecule has 0 N–H and O–H groups in total. The van der Waals surface area contributed by atoms with Gasteiger partial charge >= 0.3 is 0 Å². The highest BCUT2D eigenvalue weighted by molar-refractivity contribution is 5.79. The summed E-state index contributed by atoms with van der Waals surface area (Å²) in [5.74, 6) is 2.45. The van der Waals surface area contributed by atoms with E-state index < -0.39 is 0 Å². The van der Waals surface area contributed by atoms with Gasteiger partial charge in [-0.2, -0.15) is 0 Å². The quantitative estimate of drug-likeness (QED) is 0.826. The van der Waals surface area contributed by atoms with Crippen LogP contribution >= 0.6 is 0 Å². The number of hydrogen-bond donors (Lipinski definition) is 0. The lowest BCUT2D eigenvalue weighted by Gasteiger charge is -2.39. The van der Waals surface area contributed by atoms with E-state index in [1.807, 2.05) is 18.7 Å². The van der Waals surface area contributed by atoms with Gasteiger partial charge in [0.15, 0.2) is 0 Å². The zero-order valence-corrected chi connectivity index (χ0v) is 15.2. The van der Waals surface area contributed by atoms with Crippen molar-refractivity contribution in [2.45, 2.75) is 64.2 Å². The summed E-state index contributed by atoms with van der Waals surface area (Å²) in [4.78, 5) is 17.1. The van der Waals surface area contributed by atoms with Crippen molar-refractivity contribution in [3.8, 4) is 0 Å². The molecule has 1 saturated carbocycles. The molecule has 3 aliphatic rings. The number of nitrogens with zero attached hydrogens (tertiary/aromatic N) is 4. The Bertz CT molecular complexity index is 597. The van der Waals surface area contributed by atoms with E-state index in [0.717, 1.165) is 44.9 Å². The lowest BCUT2D eigenvalue weighted by atomic mass is 9.94. The second-order valence-corrected chi connectivity index (χ2v) is 7.86. The third-order valence-corrected chi connectivity index (χ3v) is 5.44. The van der Waals surface area contributed by atoms with Gasteiger partial charge < -0.3 is 14.1 Å². The van der Waals surface area contributed by atoms with Crippen molar-refractivity contribution in [1.82, 2.24) is 20.0 Å². The van der Waals surface area contributed by atoms with Crippen molar-refractivity contribution >= 4 is 5.91 Å². The van der Waals surface area contributed by atoms with Crippen molar-refractivity contribution < 1.29 is 13.9 Å². The summed E-state index contributed by atoms with van der Waals surface area (Å²) >= 11 is 0. The molecule has 1 aromatic rings. The summed E-state index contributed by atoms with van der Waals surface area (Å²) in [6, 6.07) is 0. The van der Waals surface area contributed by atoms with Gasteiger partial charge in [0, 0.05) is 24.9 Å². The SMILES string of the molecule is CC1CN(C(=O)C2CCN(Cc3nnc(C4CC4)o3)CC2)CC(C)O1. The Morgan fingerprint density at radius 3 is 2.40 bits per heavy atom. The van der Waals surface area contributed by atoms with Crippen molar-refractivity contribution in [3.05, 3.63) is 11.8 Å². The Kier molecular flexibility index (Phi) is 4.78. The van der Waals surface area contributed by atoms with Crippen LogP contribution in [0.2, 0.25) is 0 Å². The Morgan fingerprint density at radius 2 is 1.76 bits per heavy atom. The molecule has 2 saturated heterocycles. The van der Waals surface area contributed by atoms with Gasteiger partial charge in [0.25, 0.3) is 0 Å². The first-order chi connectivity index (χ1) is 12.1. The van der Waals surface area contributed by atoms with Crippen LogP contribution in [0.3, 0.4) is 0 Å². The second-order valence-electron chi connectivity index (χ2n) is 7.86. The molecule has 1 aromatic heterocycles. The second kappa shape index (κ2) is 7.03. The van der Waals surface area contributed by atoms with Crippen LogP contribution in [-0.4, -0.2) is 64.3 Å². The zero-order chi connectivity index (χ0) is 17.4. The fourth-order valence-electron chi connectivity index (χ4n) is 3.97. The summed E-state index contributed by atoms with van der Waals surface area (Å²) < 4.78 is 11.5. The van der Waals surface area contributed by atoms with E-state index in [1.54, 1.807) is 0 Å². The molecule has 7 nitrogen and oxygen atoms in total. The Labute approximate surface area is 148 Å². The van der Waals surface area contributed by atoms with Crippen LogP contribution in [-0.2, 0) is 16.1 Å². The number of morpholine rings is 1. The summed E-state index contributed by atoms with van der Waals surface area (Å²) in [7, 11) is 0. The topological polar surface area (TPSA) is 71.7 Å². The van der Waals surface area contributed by atoms with Crippen LogP contribution < -0.4 is 0 Å². The average Bonchev–Trinajstić information content (AvgIpc) is 3.34. The number of piperidine rings is 1. The number of aromatic nitrogens is 2. The molecule has 3 fully saturated rings. The van der Waals surface area contributed by atoms with Gasteiger partial charge in [0.05, 0.1) is 18.8 Å². The molecule has 4 rings (SSSR count). The lowest BCUT2D eigenvalue weighted by molar-refractivity contribution is -0.149. The van der Waals surface area contributed by atoms with Crippen molar-refractivity contribution in [2.75, 3.05) is 26.2 Å². The minimum Gasteiger partial charge on any atom is -0.424 e. The molecular weight excluding hydrogens is 320 g/mol. The van der Waals surface area contributed by atoms with Gasteiger partial charge in [-0.05, 0) is 52.6 Å². The normalized spacial score (nSPS) is 29.1. The highest BCUT2D eigenvalue weighted by Gasteiger charge is 2.33. The van der Waals surface area contributed by atoms with E-state index >= 15 is 0 Å². The number of carbonyl (C=O) groups is 1. The molecular formula is C18H28N4O3. The number of hydrogen-bond acceptors (Lipinski definition) is 6. The van der Waals surface area contributed by atoms with Crippen LogP contribution in [0.4, 0.5) is 0 Å². The minimum atomic E-state index is 0.131. The number of ether oxygens (including phenoxy) is 1. The summed E-state index contributed by atoms with van der Waals surface area (Å²) in [5, 5.41) is 8.31. The van der Waals surface area contributed by atoms with Crippen molar-refractivity contribution in [2.24, 2.45) is 5.92 Å². The van der Waals surface area contributed by atoms with Gasteiger partial charge in [-0.15, -0.1) is 10.2 Å². The largest absolute Gasteiger partial charge is 0.424 e. The van der Waals surface area contributed by atoms with E-state index in [2.05, 4.69) is 15.1 Å². The molecule has 2 atom stereocenters. The zero-order valence-electron chi connectivity index (χ0n) is 15.2. The van der Waals surface area contributed by atoms with Crippen LogP contribution in [0.1, 0.15) is 57.2 Å². The maximum atomic E-state index is 12.8. The van der Waals surface area contributed by atoms with E-state index in [9.17, 15) is 4.79 Å². The minimum absolute atomic E-state index is 0.131. The Hall–Kier alpha value is -1.47. The molecule has 0 spiro atoms. The maximum Gasteiger partial charge on any atom is 0.230 e. The summed E-state index contributed by atoms with van der Waals surface area (Å²) in [5.41, 5.74) is 0. The molecule has 25 heavy (non-hydrogen) atoms. The lowest BCUT2D eigenvalue weighted by Crippen LogP contribution is -2.51. The molecule has 1 aliphatic carbocycles. The molecule has 2 aliphatic heterocycles. The molecule has 3 heterocycles. The molecule has 0 aromatic carbocycles. The third kappa shape index (κ3) is 4.03. The first-order valence-electron chi connectivity index (χ1n) is 9.57.